The Morgan fingerprint density at radius 2 is 1.85 bits per heavy atom. The zero-order valence-electron chi connectivity index (χ0n) is 11.8. The molecule has 0 fully saturated rings. The summed E-state index contributed by atoms with van der Waals surface area (Å²) in [5.41, 5.74) is -0.282. The third kappa shape index (κ3) is 3.99. The van der Waals surface area contributed by atoms with E-state index in [1.165, 1.54) is 0 Å². The van der Waals surface area contributed by atoms with Crippen LogP contribution in [0, 0.1) is 23.0 Å². The molecular weight excluding hydrogens is 352 g/mol. The first kappa shape index (κ1) is 17.5. The van der Waals surface area contributed by atoms with Crippen molar-refractivity contribution in [3.8, 4) is 0 Å². The SMILES string of the molecule is CC(C)C(C)(C)CNS(=O)(=O)c1c(F)cc(F)cc1Br. The molecule has 3 nitrogen and oxygen atoms in total. The van der Waals surface area contributed by atoms with E-state index in [4.69, 9.17) is 0 Å². The maximum absolute atomic E-state index is 13.7. The highest BCUT2D eigenvalue weighted by molar-refractivity contribution is 9.10. The van der Waals surface area contributed by atoms with Crippen LogP contribution < -0.4 is 4.72 Å². The Morgan fingerprint density at radius 1 is 1.30 bits per heavy atom. The second-order valence-corrected chi connectivity index (χ2v) is 8.22. The van der Waals surface area contributed by atoms with Crippen molar-refractivity contribution in [1.82, 2.24) is 4.72 Å². The fourth-order valence-electron chi connectivity index (χ4n) is 1.34. The fourth-order valence-corrected chi connectivity index (χ4v) is 3.73. The van der Waals surface area contributed by atoms with Crippen LogP contribution in [-0.2, 0) is 10.0 Å². The molecule has 1 N–H and O–H groups in total. The van der Waals surface area contributed by atoms with Gasteiger partial charge in [0, 0.05) is 17.1 Å². The van der Waals surface area contributed by atoms with Gasteiger partial charge in [-0.3, -0.25) is 0 Å². The Morgan fingerprint density at radius 3 is 2.30 bits per heavy atom. The lowest BCUT2D eigenvalue weighted by atomic mass is 9.81. The molecule has 0 spiro atoms. The molecule has 0 heterocycles. The van der Waals surface area contributed by atoms with Crippen molar-refractivity contribution in [2.45, 2.75) is 32.6 Å². The van der Waals surface area contributed by atoms with Gasteiger partial charge in [0.25, 0.3) is 0 Å². The van der Waals surface area contributed by atoms with Gasteiger partial charge in [0.05, 0.1) is 0 Å². The minimum absolute atomic E-state index is 0.134. The van der Waals surface area contributed by atoms with Gasteiger partial charge in [0.15, 0.2) is 0 Å². The van der Waals surface area contributed by atoms with Crippen LogP contribution in [0.1, 0.15) is 27.7 Å². The zero-order valence-corrected chi connectivity index (χ0v) is 14.2. The monoisotopic (exact) mass is 369 g/mol. The normalized spacial score (nSPS) is 13.0. The van der Waals surface area contributed by atoms with Gasteiger partial charge in [-0.25, -0.2) is 21.9 Å². The summed E-state index contributed by atoms with van der Waals surface area (Å²) in [6.45, 7) is 7.94. The predicted molar refractivity (Wildman–Crippen MR) is 77.9 cm³/mol. The first-order chi connectivity index (χ1) is 8.97. The van der Waals surface area contributed by atoms with E-state index in [0.29, 0.717) is 6.07 Å². The zero-order chi connectivity index (χ0) is 15.7. The maximum atomic E-state index is 13.7. The average molecular weight is 370 g/mol. The summed E-state index contributed by atoms with van der Waals surface area (Å²) in [7, 11) is -4.04. The first-order valence-corrected chi connectivity index (χ1v) is 8.39. The lowest BCUT2D eigenvalue weighted by molar-refractivity contribution is 0.252. The Kier molecular flexibility index (Phi) is 5.32. The molecule has 0 aliphatic rings. The highest BCUT2D eigenvalue weighted by atomic mass is 79.9. The molecular formula is C13H18BrF2NO2S. The smallest absolute Gasteiger partial charge is 0.210 e. The summed E-state index contributed by atoms with van der Waals surface area (Å²) in [6.07, 6.45) is 0. The van der Waals surface area contributed by atoms with Crippen molar-refractivity contribution < 1.29 is 17.2 Å². The standard InChI is InChI=1S/C13H18BrF2NO2S/c1-8(2)13(3,4)7-17-20(18,19)12-10(14)5-9(15)6-11(12)16/h5-6,8,17H,7H2,1-4H3. The van der Waals surface area contributed by atoms with Crippen molar-refractivity contribution in [2.24, 2.45) is 11.3 Å². The molecule has 0 saturated carbocycles. The highest BCUT2D eigenvalue weighted by Gasteiger charge is 2.28. The van der Waals surface area contributed by atoms with Crippen LogP contribution >= 0.6 is 15.9 Å². The fraction of sp³-hybridized carbons (Fsp3) is 0.538. The molecule has 0 bridgehead atoms. The largest absolute Gasteiger partial charge is 0.244 e. The summed E-state index contributed by atoms with van der Waals surface area (Å²) in [5, 5.41) is 0. The quantitative estimate of drug-likeness (QED) is 0.860. The molecule has 0 atom stereocenters. The topological polar surface area (TPSA) is 46.2 Å². The molecule has 0 aliphatic heterocycles. The number of sulfonamides is 1. The van der Waals surface area contributed by atoms with Gasteiger partial charge in [-0.1, -0.05) is 27.7 Å². The second kappa shape index (κ2) is 6.07. The third-order valence-corrected chi connectivity index (χ3v) is 5.88. The van der Waals surface area contributed by atoms with E-state index >= 15 is 0 Å². The lowest BCUT2D eigenvalue weighted by Gasteiger charge is -2.29. The first-order valence-electron chi connectivity index (χ1n) is 6.11. The van der Waals surface area contributed by atoms with Crippen LogP contribution in [0.2, 0.25) is 0 Å². The molecule has 1 aromatic rings. The van der Waals surface area contributed by atoms with E-state index in [1.807, 2.05) is 27.7 Å². The van der Waals surface area contributed by atoms with Crippen molar-refractivity contribution in [1.29, 1.82) is 0 Å². The second-order valence-electron chi connectivity index (χ2n) is 5.67. The molecule has 1 rings (SSSR count). The lowest BCUT2D eigenvalue weighted by Crippen LogP contribution is -2.37. The van der Waals surface area contributed by atoms with E-state index in [9.17, 15) is 17.2 Å². The van der Waals surface area contributed by atoms with Crippen molar-refractivity contribution in [3.05, 3.63) is 28.2 Å². The number of hydrogen-bond donors (Lipinski definition) is 1. The molecule has 114 valence electrons. The van der Waals surface area contributed by atoms with Gasteiger partial charge in [0.1, 0.15) is 16.5 Å². The number of halogens is 3. The highest BCUT2D eigenvalue weighted by Crippen LogP contribution is 2.28. The molecule has 0 aromatic heterocycles. The van der Waals surface area contributed by atoms with E-state index in [-0.39, 0.29) is 22.4 Å². The van der Waals surface area contributed by atoms with Crippen molar-refractivity contribution in [3.63, 3.8) is 0 Å². The summed E-state index contributed by atoms with van der Waals surface area (Å²) < 4.78 is 53.2. The molecule has 0 unspecified atom stereocenters. The van der Waals surface area contributed by atoms with Crippen molar-refractivity contribution in [2.75, 3.05) is 6.54 Å². The van der Waals surface area contributed by atoms with Gasteiger partial charge >= 0.3 is 0 Å². The van der Waals surface area contributed by atoms with Crippen LogP contribution in [0.25, 0.3) is 0 Å². The molecule has 0 amide bonds. The number of nitrogens with one attached hydrogen (secondary N) is 1. The molecule has 1 aromatic carbocycles. The van der Waals surface area contributed by atoms with Crippen molar-refractivity contribution >= 4 is 26.0 Å². The van der Waals surface area contributed by atoms with E-state index in [1.54, 1.807) is 0 Å². The molecule has 0 aliphatic carbocycles. The Balaban J connectivity index is 3.08. The summed E-state index contributed by atoms with van der Waals surface area (Å²) >= 11 is 2.88. The van der Waals surface area contributed by atoms with Gasteiger partial charge in [-0.2, -0.15) is 0 Å². The Bertz CT molecular complexity index is 577. The number of hydrogen-bond acceptors (Lipinski definition) is 2. The van der Waals surface area contributed by atoms with E-state index in [0.717, 1.165) is 6.07 Å². The minimum atomic E-state index is -4.04. The number of rotatable bonds is 5. The van der Waals surface area contributed by atoms with Gasteiger partial charge in [-0.05, 0) is 33.3 Å². The van der Waals surface area contributed by atoms with Crippen LogP contribution in [0.15, 0.2) is 21.5 Å². The molecule has 20 heavy (non-hydrogen) atoms. The molecule has 7 heteroatoms. The summed E-state index contributed by atoms with van der Waals surface area (Å²) in [4.78, 5) is -0.571. The van der Waals surface area contributed by atoms with Gasteiger partial charge in [0.2, 0.25) is 10.0 Å². The van der Waals surface area contributed by atoms with Gasteiger partial charge in [-0.15, -0.1) is 0 Å². The van der Waals surface area contributed by atoms with Crippen LogP contribution in [-0.4, -0.2) is 15.0 Å². The van der Waals surface area contributed by atoms with Crippen LogP contribution in [0.5, 0.6) is 0 Å². The predicted octanol–water partition coefficient (Wildman–Crippen LogP) is 3.69. The minimum Gasteiger partial charge on any atom is -0.210 e. The molecule has 0 saturated heterocycles. The third-order valence-electron chi connectivity index (χ3n) is 3.51. The average Bonchev–Trinajstić information content (AvgIpc) is 2.24. The Labute approximate surface area is 126 Å². The summed E-state index contributed by atoms with van der Waals surface area (Å²) in [6, 6.07) is 1.47. The van der Waals surface area contributed by atoms with E-state index in [2.05, 4.69) is 20.7 Å². The van der Waals surface area contributed by atoms with Crippen LogP contribution in [0.3, 0.4) is 0 Å². The maximum Gasteiger partial charge on any atom is 0.244 e. The van der Waals surface area contributed by atoms with E-state index < -0.39 is 26.6 Å². The van der Waals surface area contributed by atoms with Crippen LogP contribution in [0.4, 0.5) is 8.78 Å². The van der Waals surface area contributed by atoms with Gasteiger partial charge < -0.3 is 0 Å². The summed E-state index contributed by atoms with van der Waals surface area (Å²) in [5.74, 6) is -1.71. The number of benzene rings is 1. The Hall–Kier alpha value is -0.530. The molecule has 0 radical (unpaired) electrons.